The van der Waals surface area contributed by atoms with Crippen LogP contribution in [0, 0.1) is 5.92 Å². The average molecular weight is 407 g/mol. The van der Waals surface area contributed by atoms with Gasteiger partial charge in [0.25, 0.3) is 5.91 Å². The lowest BCUT2D eigenvalue weighted by atomic mass is 9.95. The zero-order chi connectivity index (χ0) is 20.1. The molecule has 28 heavy (non-hydrogen) atoms. The molecule has 2 aliphatic rings. The van der Waals surface area contributed by atoms with Crippen LogP contribution in [-0.2, 0) is 19.4 Å². The normalized spacial score (nSPS) is 21.9. The molecule has 2 heterocycles. The predicted molar refractivity (Wildman–Crippen MR) is 103 cm³/mol. The van der Waals surface area contributed by atoms with Crippen LogP contribution in [0.1, 0.15) is 29.6 Å². The van der Waals surface area contributed by atoms with Crippen LogP contribution in [0.5, 0.6) is 0 Å². The summed E-state index contributed by atoms with van der Waals surface area (Å²) < 4.78 is 23.0. The lowest BCUT2D eigenvalue weighted by Gasteiger charge is -2.32. The van der Waals surface area contributed by atoms with Crippen molar-refractivity contribution in [2.75, 3.05) is 31.1 Å². The number of likely N-dealkylation sites (tertiary alicyclic amines) is 1. The van der Waals surface area contributed by atoms with E-state index in [0.717, 1.165) is 0 Å². The minimum atomic E-state index is -3.03. The van der Waals surface area contributed by atoms with Crippen molar-refractivity contribution in [1.82, 2.24) is 15.5 Å². The zero-order valence-corrected chi connectivity index (χ0v) is 16.4. The van der Waals surface area contributed by atoms with E-state index in [2.05, 4.69) is 10.6 Å². The van der Waals surface area contributed by atoms with Gasteiger partial charge in [-0.2, -0.15) is 0 Å². The summed E-state index contributed by atoms with van der Waals surface area (Å²) in [6.45, 7) is 0.812. The number of carbonyl (C=O) groups excluding carboxylic acids is 3. The molecular formula is C19H25N3O5S. The molecule has 0 bridgehead atoms. The number of nitrogens with one attached hydrogen (secondary N) is 2. The Hall–Kier alpha value is -2.42. The molecule has 1 aromatic rings. The highest BCUT2D eigenvalue weighted by Gasteiger charge is 2.32. The minimum Gasteiger partial charge on any atom is -0.352 e. The maximum atomic E-state index is 12.3. The number of sulfone groups is 1. The molecule has 0 aliphatic carbocycles. The largest absolute Gasteiger partial charge is 0.352 e. The highest BCUT2D eigenvalue weighted by molar-refractivity contribution is 7.91. The third-order valence-electron chi connectivity index (χ3n) is 5.23. The summed E-state index contributed by atoms with van der Waals surface area (Å²) in [7, 11) is -3.03. The van der Waals surface area contributed by atoms with E-state index in [1.54, 1.807) is 29.2 Å². The Kier molecular flexibility index (Phi) is 6.33. The van der Waals surface area contributed by atoms with Crippen molar-refractivity contribution >= 4 is 27.6 Å². The van der Waals surface area contributed by atoms with Crippen molar-refractivity contribution in [3.8, 4) is 0 Å². The third kappa shape index (κ3) is 5.31. The Bertz CT molecular complexity index is 832. The van der Waals surface area contributed by atoms with Crippen molar-refractivity contribution in [2.24, 2.45) is 5.92 Å². The van der Waals surface area contributed by atoms with Crippen LogP contribution in [0.4, 0.5) is 0 Å². The number of amides is 3. The molecule has 0 aromatic heterocycles. The van der Waals surface area contributed by atoms with Gasteiger partial charge in [0.1, 0.15) is 0 Å². The molecule has 3 amide bonds. The molecular weight excluding hydrogens is 382 g/mol. The second kappa shape index (κ2) is 8.72. The lowest BCUT2D eigenvalue weighted by molar-refractivity contribution is -0.135. The maximum Gasteiger partial charge on any atom is 0.251 e. The van der Waals surface area contributed by atoms with Crippen molar-refractivity contribution in [1.29, 1.82) is 0 Å². The van der Waals surface area contributed by atoms with E-state index >= 15 is 0 Å². The van der Waals surface area contributed by atoms with Gasteiger partial charge in [0.05, 0.1) is 18.1 Å². The Labute approximate surface area is 164 Å². The predicted octanol–water partition coefficient (Wildman–Crippen LogP) is -0.0417. The van der Waals surface area contributed by atoms with Gasteiger partial charge in [0.15, 0.2) is 9.84 Å². The van der Waals surface area contributed by atoms with Crippen molar-refractivity contribution in [3.05, 3.63) is 35.9 Å². The highest BCUT2D eigenvalue weighted by Crippen LogP contribution is 2.19. The second-order valence-electron chi connectivity index (χ2n) is 7.31. The summed E-state index contributed by atoms with van der Waals surface area (Å²) in [6.07, 6.45) is 1.53. The molecule has 0 spiro atoms. The van der Waals surface area contributed by atoms with Gasteiger partial charge in [-0.25, -0.2) is 8.42 Å². The maximum absolute atomic E-state index is 12.3. The zero-order valence-electron chi connectivity index (χ0n) is 15.6. The Balaban J connectivity index is 1.40. The second-order valence-corrected chi connectivity index (χ2v) is 9.54. The average Bonchev–Trinajstić information content (AvgIpc) is 3.04. The monoisotopic (exact) mass is 407 g/mol. The Morgan fingerprint density at radius 1 is 1.04 bits per heavy atom. The molecule has 1 aromatic carbocycles. The summed E-state index contributed by atoms with van der Waals surface area (Å²) in [4.78, 5) is 38.3. The summed E-state index contributed by atoms with van der Waals surface area (Å²) in [5, 5.41) is 5.45. The highest BCUT2D eigenvalue weighted by atomic mass is 32.2. The quantitative estimate of drug-likeness (QED) is 0.711. The smallest absolute Gasteiger partial charge is 0.251 e. The van der Waals surface area contributed by atoms with E-state index in [4.69, 9.17) is 0 Å². The van der Waals surface area contributed by atoms with Crippen molar-refractivity contribution < 1.29 is 22.8 Å². The van der Waals surface area contributed by atoms with Gasteiger partial charge in [-0.3, -0.25) is 14.4 Å². The van der Waals surface area contributed by atoms with Crippen LogP contribution < -0.4 is 10.6 Å². The Morgan fingerprint density at radius 3 is 2.32 bits per heavy atom. The third-order valence-corrected chi connectivity index (χ3v) is 7.00. The number of hydrogen-bond donors (Lipinski definition) is 2. The standard InChI is InChI=1S/C19H25N3O5S/c23-17(12-20-18(24)14-4-2-1-3-5-14)22-9-6-15(7-10-22)19(25)21-16-8-11-28(26,27)13-16/h1-5,15-16H,6-13H2,(H,20,24)(H,21,25)/t16-/m0/s1. The van der Waals surface area contributed by atoms with Gasteiger partial charge in [0, 0.05) is 30.6 Å². The molecule has 2 N–H and O–H groups in total. The van der Waals surface area contributed by atoms with Gasteiger partial charge < -0.3 is 15.5 Å². The number of benzene rings is 1. The molecule has 2 aliphatic heterocycles. The van der Waals surface area contributed by atoms with Crippen LogP contribution in [0.2, 0.25) is 0 Å². The van der Waals surface area contributed by atoms with Crippen LogP contribution in [0.3, 0.4) is 0 Å². The number of nitrogens with zero attached hydrogens (tertiary/aromatic N) is 1. The molecule has 0 saturated carbocycles. The summed E-state index contributed by atoms with van der Waals surface area (Å²) in [6, 6.07) is 8.39. The number of rotatable bonds is 5. The van der Waals surface area contributed by atoms with Gasteiger partial charge in [-0.1, -0.05) is 18.2 Å². The first kappa shape index (κ1) is 20.3. The van der Waals surface area contributed by atoms with E-state index in [1.807, 2.05) is 6.07 Å². The van der Waals surface area contributed by atoms with E-state index in [1.165, 1.54) is 0 Å². The molecule has 2 fully saturated rings. The van der Waals surface area contributed by atoms with Crippen LogP contribution in [-0.4, -0.2) is 68.2 Å². The minimum absolute atomic E-state index is 0.0111. The van der Waals surface area contributed by atoms with Crippen molar-refractivity contribution in [2.45, 2.75) is 25.3 Å². The van der Waals surface area contributed by atoms with E-state index in [0.29, 0.717) is 37.9 Å². The van der Waals surface area contributed by atoms with Gasteiger partial charge >= 0.3 is 0 Å². The summed E-state index contributed by atoms with van der Waals surface area (Å²) >= 11 is 0. The fraction of sp³-hybridized carbons (Fsp3) is 0.526. The van der Waals surface area contributed by atoms with Crippen LogP contribution >= 0.6 is 0 Å². The molecule has 1 atom stereocenters. The lowest BCUT2D eigenvalue weighted by Crippen LogP contribution is -2.47. The van der Waals surface area contributed by atoms with Gasteiger partial charge in [0.2, 0.25) is 11.8 Å². The molecule has 8 nitrogen and oxygen atoms in total. The van der Waals surface area contributed by atoms with Crippen LogP contribution in [0.15, 0.2) is 30.3 Å². The fourth-order valence-electron chi connectivity index (χ4n) is 3.58. The SMILES string of the molecule is O=C(NCC(=O)N1CCC(C(=O)N[C@H]2CCS(=O)(=O)C2)CC1)c1ccccc1. The summed E-state index contributed by atoms with van der Waals surface area (Å²) in [5.41, 5.74) is 0.500. The molecule has 0 unspecified atom stereocenters. The molecule has 152 valence electrons. The first-order valence-electron chi connectivity index (χ1n) is 9.46. The van der Waals surface area contributed by atoms with E-state index < -0.39 is 9.84 Å². The topological polar surface area (TPSA) is 113 Å². The first-order valence-corrected chi connectivity index (χ1v) is 11.3. The number of hydrogen-bond acceptors (Lipinski definition) is 5. The first-order chi connectivity index (χ1) is 13.3. The van der Waals surface area contributed by atoms with Gasteiger partial charge in [-0.05, 0) is 31.4 Å². The number of carbonyl (C=O) groups is 3. The summed E-state index contributed by atoms with van der Waals surface area (Å²) in [5.74, 6) is -0.686. The van der Waals surface area contributed by atoms with E-state index in [-0.39, 0.29) is 47.7 Å². The fourth-order valence-corrected chi connectivity index (χ4v) is 5.25. The molecule has 9 heteroatoms. The van der Waals surface area contributed by atoms with Crippen LogP contribution in [0.25, 0.3) is 0 Å². The van der Waals surface area contributed by atoms with Gasteiger partial charge in [-0.15, -0.1) is 0 Å². The van der Waals surface area contributed by atoms with Crippen molar-refractivity contribution in [3.63, 3.8) is 0 Å². The molecule has 3 rings (SSSR count). The molecule has 2 saturated heterocycles. The number of piperidine rings is 1. The molecule has 0 radical (unpaired) electrons. The Morgan fingerprint density at radius 2 is 1.71 bits per heavy atom. The van der Waals surface area contributed by atoms with E-state index in [9.17, 15) is 22.8 Å².